The van der Waals surface area contributed by atoms with Crippen LogP contribution in [0.1, 0.15) is 30.9 Å². The number of aryl methyl sites for hydroxylation is 1. The van der Waals surface area contributed by atoms with E-state index in [2.05, 4.69) is 28.7 Å². The first-order valence-corrected chi connectivity index (χ1v) is 8.20. The van der Waals surface area contributed by atoms with Gasteiger partial charge < -0.3 is 15.2 Å². The summed E-state index contributed by atoms with van der Waals surface area (Å²) in [5, 5.41) is 9.55. The molecule has 0 aromatic heterocycles. The Hall–Kier alpha value is -2.01. The van der Waals surface area contributed by atoms with E-state index in [0.717, 1.165) is 14.7 Å². The molecule has 0 saturated heterocycles. The van der Waals surface area contributed by atoms with E-state index in [1.54, 1.807) is 13.8 Å². The van der Waals surface area contributed by atoms with Gasteiger partial charge >= 0.3 is 5.97 Å². The number of nitrogens with zero attached hydrogens (tertiary/aromatic N) is 1. The molecule has 0 saturated carbocycles. The Balaban J connectivity index is 2.72. The second kappa shape index (κ2) is 7.04. The van der Waals surface area contributed by atoms with Gasteiger partial charge in [-0.1, -0.05) is 12.1 Å². The minimum Gasteiger partial charge on any atom is -0.463 e. The van der Waals surface area contributed by atoms with Crippen molar-refractivity contribution >= 4 is 28.6 Å². The van der Waals surface area contributed by atoms with Crippen LogP contribution in [-0.4, -0.2) is 12.6 Å². The first-order chi connectivity index (χ1) is 10.9. The van der Waals surface area contributed by atoms with E-state index in [1.165, 1.54) is 0 Å². The van der Waals surface area contributed by atoms with E-state index in [0.29, 0.717) is 11.3 Å². The maximum absolute atomic E-state index is 12.4. The third-order valence-electron chi connectivity index (χ3n) is 3.66. The molecule has 0 fully saturated rings. The Kier molecular flexibility index (Phi) is 5.31. The zero-order valence-electron chi connectivity index (χ0n) is 13.1. The summed E-state index contributed by atoms with van der Waals surface area (Å²) in [6.07, 6.45) is 0. The molecule has 1 unspecified atom stereocenters. The fraction of sp³-hybridized carbons (Fsp3) is 0.294. The van der Waals surface area contributed by atoms with Gasteiger partial charge in [-0.3, -0.25) is 0 Å². The third-order valence-corrected chi connectivity index (χ3v) is 4.60. The first-order valence-electron chi connectivity index (χ1n) is 7.12. The minimum absolute atomic E-state index is 0.0297. The molecule has 2 N–H and O–H groups in total. The number of carbonyl (C=O) groups is 1. The molecular formula is C17H17IN2O3. The van der Waals surface area contributed by atoms with Crippen LogP contribution in [0.2, 0.25) is 0 Å². The number of benzene rings is 1. The molecule has 1 heterocycles. The lowest BCUT2D eigenvalue weighted by atomic mass is 9.81. The number of esters is 1. The summed E-state index contributed by atoms with van der Waals surface area (Å²) in [5.74, 6) is -0.679. The highest BCUT2D eigenvalue weighted by atomic mass is 127. The summed E-state index contributed by atoms with van der Waals surface area (Å²) in [5.41, 5.74) is 8.29. The second-order valence-corrected chi connectivity index (χ2v) is 6.25. The molecule has 1 aromatic carbocycles. The molecule has 0 bridgehead atoms. The second-order valence-electron chi connectivity index (χ2n) is 5.09. The lowest BCUT2D eigenvalue weighted by Gasteiger charge is -2.28. The highest BCUT2D eigenvalue weighted by molar-refractivity contribution is 14.1. The molecule has 1 atom stereocenters. The maximum atomic E-state index is 12.4. The molecule has 0 aliphatic carbocycles. The average Bonchev–Trinajstić information content (AvgIpc) is 2.47. The van der Waals surface area contributed by atoms with Crippen LogP contribution < -0.4 is 5.73 Å². The fourth-order valence-corrected chi connectivity index (χ4v) is 3.60. The van der Waals surface area contributed by atoms with Crippen molar-refractivity contribution in [3.63, 3.8) is 0 Å². The summed E-state index contributed by atoms with van der Waals surface area (Å²) in [6, 6.07) is 7.89. The van der Waals surface area contributed by atoms with E-state index in [1.807, 2.05) is 25.1 Å². The van der Waals surface area contributed by atoms with Crippen LogP contribution in [0.4, 0.5) is 0 Å². The summed E-state index contributed by atoms with van der Waals surface area (Å²) in [6.45, 7) is 5.58. The average molecular weight is 424 g/mol. The normalized spacial score (nSPS) is 17.6. The van der Waals surface area contributed by atoms with Crippen molar-refractivity contribution in [2.45, 2.75) is 26.7 Å². The molecule has 2 rings (SSSR count). The Morgan fingerprint density at radius 3 is 2.74 bits per heavy atom. The van der Waals surface area contributed by atoms with E-state index >= 15 is 0 Å². The van der Waals surface area contributed by atoms with Gasteiger partial charge in [0.1, 0.15) is 17.4 Å². The van der Waals surface area contributed by atoms with Crippen LogP contribution >= 0.6 is 22.6 Å². The summed E-state index contributed by atoms with van der Waals surface area (Å²) < 4.78 is 11.5. The highest BCUT2D eigenvalue weighted by Gasteiger charge is 2.37. The zero-order valence-corrected chi connectivity index (χ0v) is 15.3. The monoisotopic (exact) mass is 424 g/mol. The van der Waals surface area contributed by atoms with Crippen molar-refractivity contribution in [1.29, 1.82) is 5.26 Å². The van der Waals surface area contributed by atoms with Crippen LogP contribution in [-0.2, 0) is 14.3 Å². The quantitative estimate of drug-likeness (QED) is 0.595. The molecule has 23 heavy (non-hydrogen) atoms. The predicted octanol–water partition coefficient (Wildman–Crippen LogP) is 3.24. The van der Waals surface area contributed by atoms with Crippen LogP contribution in [0.3, 0.4) is 0 Å². The van der Waals surface area contributed by atoms with Gasteiger partial charge in [0, 0.05) is 3.57 Å². The molecule has 6 heteroatoms. The van der Waals surface area contributed by atoms with E-state index in [-0.39, 0.29) is 18.1 Å². The first kappa shape index (κ1) is 17.3. The minimum atomic E-state index is -0.583. The molecule has 0 spiro atoms. The van der Waals surface area contributed by atoms with E-state index < -0.39 is 11.9 Å². The molecular weight excluding hydrogens is 407 g/mol. The van der Waals surface area contributed by atoms with E-state index in [4.69, 9.17) is 15.2 Å². The van der Waals surface area contributed by atoms with Gasteiger partial charge in [-0.25, -0.2) is 4.79 Å². The number of rotatable bonds is 3. The molecule has 5 nitrogen and oxygen atoms in total. The third kappa shape index (κ3) is 3.20. The number of nitrogens with two attached hydrogens (primary N) is 1. The Bertz CT molecular complexity index is 739. The smallest absolute Gasteiger partial charge is 0.338 e. The van der Waals surface area contributed by atoms with Crippen molar-refractivity contribution in [3.05, 3.63) is 55.7 Å². The Morgan fingerprint density at radius 1 is 1.48 bits per heavy atom. The molecule has 1 aliphatic heterocycles. The Morgan fingerprint density at radius 2 is 2.17 bits per heavy atom. The molecule has 1 aromatic rings. The van der Waals surface area contributed by atoms with Crippen LogP contribution in [0.25, 0.3) is 0 Å². The van der Waals surface area contributed by atoms with Crippen LogP contribution in [0.5, 0.6) is 0 Å². The highest BCUT2D eigenvalue weighted by Crippen LogP contribution is 2.42. The van der Waals surface area contributed by atoms with Crippen molar-refractivity contribution in [1.82, 2.24) is 0 Å². The lowest BCUT2D eigenvalue weighted by Crippen LogP contribution is -2.26. The summed E-state index contributed by atoms with van der Waals surface area (Å²) in [7, 11) is 0. The maximum Gasteiger partial charge on any atom is 0.338 e. The van der Waals surface area contributed by atoms with Gasteiger partial charge in [-0.15, -0.1) is 0 Å². The summed E-state index contributed by atoms with van der Waals surface area (Å²) in [4.78, 5) is 12.4. The van der Waals surface area contributed by atoms with E-state index in [9.17, 15) is 10.1 Å². The number of allylic oxidation sites excluding steroid dienone is 2. The van der Waals surface area contributed by atoms with Crippen molar-refractivity contribution < 1.29 is 14.3 Å². The number of halogens is 1. The van der Waals surface area contributed by atoms with Gasteiger partial charge in [0.05, 0.1) is 18.1 Å². The van der Waals surface area contributed by atoms with Gasteiger partial charge in [-0.05, 0) is 60.6 Å². The number of nitriles is 1. The van der Waals surface area contributed by atoms with Gasteiger partial charge in [0.25, 0.3) is 0 Å². The number of ether oxygens (including phenoxy) is 2. The molecule has 0 radical (unpaired) electrons. The van der Waals surface area contributed by atoms with Gasteiger partial charge in [0.2, 0.25) is 5.88 Å². The molecule has 0 amide bonds. The largest absolute Gasteiger partial charge is 0.463 e. The molecule has 120 valence electrons. The van der Waals surface area contributed by atoms with Gasteiger partial charge in [-0.2, -0.15) is 5.26 Å². The van der Waals surface area contributed by atoms with Gasteiger partial charge in [0.15, 0.2) is 0 Å². The number of hydrogen-bond acceptors (Lipinski definition) is 5. The summed E-state index contributed by atoms with van der Waals surface area (Å²) >= 11 is 2.20. The molecule has 1 aliphatic rings. The van der Waals surface area contributed by atoms with Crippen molar-refractivity contribution in [3.8, 4) is 6.07 Å². The van der Waals surface area contributed by atoms with Crippen LogP contribution in [0, 0.1) is 21.8 Å². The number of hydrogen-bond donors (Lipinski definition) is 1. The van der Waals surface area contributed by atoms with Crippen molar-refractivity contribution in [2.75, 3.05) is 6.61 Å². The SMILES string of the molecule is CCOC(=O)C1=C(C)OC(N)=C(C#N)C1c1c(C)cccc1I. The topological polar surface area (TPSA) is 85.3 Å². The predicted molar refractivity (Wildman–Crippen MR) is 93.9 cm³/mol. The standard InChI is InChI=1S/C17H17IN2O3/c1-4-22-17(21)14-10(3)23-16(20)11(8-19)15(14)13-9(2)6-5-7-12(13)18/h5-7,15H,4,20H2,1-3H3. The fourth-order valence-electron chi connectivity index (χ4n) is 2.65. The Labute approximate surface area is 148 Å². The van der Waals surface area contributed by atoms with Crippen LogP contribution in [0.15, 0.2) is 41.0 Å². The lowest BCUT2D eigenvalue weighted by molar-refractivity contribution is -0.139. The zero-order chi connectivity index (χ0) is 17.1. The van der Waals surface area contributed by atoms with Crippen molar-refractivity contribution in [2.24, 2.45) is 5.73 Å². The number of carbonyl (C=O) groups excluding carboxylic acids is 1.